The second-order valence-electron chi connectivity index (χ2n) is 6.95. The lowest BCUT2D eigenvalue weighted by molar-refractivity contribution is 0.0996. The van der Waals surface area contributed by atoms with Crippen LogP contribution in [0.1, 0.15) is 25.5 Å². The first-order valence-corrected chi connectivity index (χ1v) is 8.35. The molecule has 0 aliphatic carbocycles. The van der Waals surface area contributed by atoms with Crippen molar-refractivity contribution in [2.75, 3.05) is 20.8 Å². The van der Waals surface area contributed by atoms with Gasteiger partial charge in [0.1, 0.15) is 17.2 Å². The van der Waals surface area contributed by atoms with E-state index in [4.69, 9.17) is 14.2 Å². The molecule has 0 radical (unpaired) electrons. The van der Waals surface area contributed by atoms with Crippen molar-refractivity contribution < 1.29 is 24.1 Å². The van der Waals surface area contributed by atoms with Crippen molar-refractivity contribution in [1.29, 1.82) is 0 Å². The summed E-state index contributed by atoms with van der Waals surface area (Å²) in [5.41, 5.74) is 2.18. The number of carboxylic acid groups (broad SMARTS) is 1. The van der Waals surface area contributed by atoms with Gasteiger partial charge in [-0.25, -0.2) is 4.79 Å². The molecular formula is C20H23NO5. The summed E-state index contributed by atoms with van der Waals surface area (Å²) < 4.78 is 16.9. The Balaban J connectivity index is 2.10. The van der Waals surface area contributed by atoms with Gasteiger partial charge in [0.15, 0.2) is 0 Å². The largest absolute Gasteiger partial charge is 0.496 e. The molecule has 0 aromatic heterocycles. The molecule has 1 amide bonds. The molecule has 0 saturated carbocycles. The summed E-state index contributed by atoms with van der Waals surface area (Å²) in [7, 11) is 3.23. The summed E-state index contributed by atoms with van der Waals surface area (Å²) in [6, 6.07) is 11.0. The zero-order valence-corrected chi connectivity index (χ0v) is 15.3. The van der Waals surface area contributed by atoms with Crippen LogP contribution < -0.4 is 19.5 Å². The zero-order valence-electron chi connectivity index (χ0n) is 15.3. The molecule has 3 rings (SSSR count). The van der Waals surface area contributed by atoms with Crippen LogP contribution in [0.15, 0.2) is 36.4 Å². The Kier molecular flexibility index (Phi) is 4.68. The minimum atomic E-state index is -1.05. The molecule has 138 valence electrons. The summed E-state index contributed by atoms with van der Waals surface area (Å²) in [5, 5.41) is 11.8. The Labute approximate surface area is 152 Å². The molecular weight excluding hydrogens is 334 g/mol. The van der Waals surface area contributed by atoms with Crippen LogP contribution >= 0.6 is 0 Å². The summed E-state index contributed by atoms with van der Waals surface area (Å²) in [6.07, 6.45) is -1.05. The molecule has 0 fully saturated rings. The topological polar surface area (TPSA) is 77.0 Å². The van der Waals surface area contributed by atoms with Gasteiger partial charge in [-0.15, -0.1) is 0 Å². The van der Waals surface area contributed by atoms with Crippen LogP contribution in [0.4, 0.5) is 4.79 Å². The van der Waals surface area contributed by atoms with E-state index in [0.717, 1.165) is 16.7 Å². The van der Waals surface area contributed by atoms with Gasteiger partial charge in [0.2, 0.25) is 0 Å². The molecule has 26 heavy (non-hydrogen) atoms. The number of hydrogen-bond acceptors (Lipinski definition) is 4. The zero-order chi connectivity index (χ0) is 18.9. The predicted octanol–water partition coefficient (Wildman–Crippen LogP) is 4.10. The van der Waals surface area contributed by atoms with Crippen molar-refractivity contribution in [3.8, 4) is 28.4 Å². The third kappa shape index (κ3) is 3.14. The number of amides is 1. The summed E-state index contributed by atoms with van der Waals surface area (Å²) in [6.45, 7) is 4.37. The number of nitrogens with one attached hydrogen (secondary N) is 1. The highest BCUT2D eigenvalue weighted by Crippen LogP contribution is 2.46. The standard InChI is InChI=1S/C20H23NO5/c1-20(2)11-26-16-10-12(8-9-13(16)18(20)21-19(22)23)17-14(24-3)6-5-7-15(17)25-4/h5-10,18,21H,11H2,1-4H3,(H,22,23). The van der Waals surface area contributed by atoms with Gasteiger partial charge < -0.3 is 24.6 Å². The van der Waals surface area contributed by atoms with Crippen LogP contribution in [-0.2, 0) is 0 Å². The monoisotopic (exact) mass is 357 g/mol. The van der Waals surface area contributed by atoms with Crippen molar-refractivity contribution in [2.24, 2.45) is 5.41 Å². The molecule has 1 aliphatic heterocycles. The number of rotatable bonds is 4. The lowest BCUT2D eigenvalue weighted by Crippen LogP contribution is -2.43. The summed E-state index contributed by atoms with van der Waals surface area (Å²) in [4.78, 5) is 11.2. The van der Waals surface area contributed by atoms with Gasteiger partial charge in [-0.1, -0.05) is 32.0 Å². The fourth-order valence-electron chi connectivity index (χ4n) is 3.35. The second kappa shape index (κ2) is 6.78. The van der Waals surface area contributed by atoms with Gasteiger partial charge in [0.25, 0.3) is 0 Å². The molecule has 6 nitrogen and oxygen atoms in total. The van der Waals surface area contributed by atoms with E-state index >= 15 is 0 Å². The van der Waals surface area contributed by atoms with Crippen molar-refractivity contribution >= 4 is 6.09 Å². The van der Waals surface area contributed by atoms with Crippen molar-refractivity contribution in [3.05, 3.63) is 42.0 Å². The molecule has 2 aromatic carbocycles. The minimum absolute atomic E-state index is 0.350. The third-order valence-electron chi connectivity index (χ3n) is 4.69. The average Bonchev–Trinajstić information content (AvgIpc) is 2.62. The van der Waals surface area contributed by atoms with Crippen LogP contribution in [0.3, 0.4) is 0 Å². The van der Waals surface area contributed by atoms with Crippen LogP contribution in [0.25, 0.3) is 11.1 Å². The molecule has 1 heterocycles. The van der Waals surface area contributed by atoms with E-state index in [9.17, 15) is 9.90 Å². The lowest BCUT2D eigenvalue weighted by atomic mass is 9.78. The van der Waals surface area contributed by atoms with Gasteiger partial charge in [-0.2, -0.15) is 0 Å². The van der Waals surface area contributed by atoms with Crippen molar-refractivity contribution in [1.82, 2.24) is 5.32 Å². The number of hydrogen-bond donors (Lipinski definition) is 2. The first-order valence-electron chi connectivity index (χ1n) is 8.35. The Morgan fingerprint density at radius 2 is 1.85 bits per heavy atom. The van der Waals surface area contributed by atoms with E-state index in [0.29, 0.717) is 23.9 Å². The number of carbonyl (C=O) groups is 1. The molecule has 0 spiro atoms. The maximum Gasteiger partial charge on any atom is 0.405 e. The van der Waals surface area contributed by atoms with E-state index in [1.54, 1.807) is 14.2 Å². The maximum absolute atomic E-state index is 11.2. The van der Waals surface area contributed by atoms with Crippen LogP contribution in [0.5, 0.6) is 17.2 Å². The second-order valence-corrected chi connectivity index (χ2v) is 6.95. The van der Waals surface area contributed by atoms with Crippen LogP contribution in [-0.4, -0.2) is 32.0 Å². The van der Waals surface area contributed by atoms with E-state index < -0.39 is 6.09 Å². The normalized spacial score (nSPS) is 17.6. The van der Waals surface area contributed by atoms with Crippen LogP contribution in [0.2, 0.25) is 0 Å². The highest BCUT2D eigenvalue weighted by atomic mass is 16.5. The molecule has 1 aliphatic rings. The molecule has 2 N–H and O–H groups in total. The molecule has 2 aromatic rings. The van der Waals surface area contributed by atoms with Gasteiger partial charge in [0, 0.05) is 11.0 Å². The molecule has 0 bridgehead atoms. The third-order valence-corrected chi connectivity index (χ3v) is 4.69. The Hall–Kier alpha value is -2.89. The van der Waals surface area contributed by atoms with Crippen molar-refractivity contribution in [2.45, 2.75) is 19.9 Å². The van der Waals surface area contributed by atoms with E-state index in [1.807, 2.05) is 50.2 Å². The predicted molar refractivity (Wildman–Crippen MR) is 98.2 cm³/mol. The molecule has 1 unspecified atom stereocenters. The molecule has 1 atom stereocenters. The lowest BCUT2D eigenvalue weighted by Gasteiger charge is -2.39. The fourth-order valence-corrected chi connectivity index (χ4v) is 3.35. The first-order chi connectivity index (χ1) is 12.4. The van der Waals surface area contributed by atoms with Crippen molar-refractivity contribution in [3.63, 3.8) is 0 Å². The van der Waals surface area contributed by atoms with Gasteiger partial charge in [0.05, 0.1) is 32.4 Å². The van der Waals surface area contributed by atoms with E-state index in [2.05, 4.69) is 5.32 Å². The van der Waals surface area contributed by atoms with E-state index in [1.165, 1.54) is 0 Å². The Morgan fingerprint density at radius 1 is 1.19 bits per heavy atom. The quantitative estimate of drug-likeness (QED) is 0.861. The van der Waals surface area contributed by atoms with Gasteiger partial charge in [-0.05, 0) is 23.8 Å². The molecule has 0 saturated heterocycles. The van der Waals surface area contributed by atoms with Crippen LogP contribution in [0, 0.1) is 5.41 Å². The SMILES string of the molecule is COc1cccc(OC)c1-c1ccc2c(c1)OCC(C)(C)C2NC(=O)O. The van der Waals surface area contributed by atoms with Gasteiger partial charge in [-0.3, -0.25) is 0 Å². The van der Waals surface area contributed by atoms with Gasteiger partial charge >= 0.3 is 6.09 Å². The number of ether oxygens (including phenoxy) is 3. The summed E-state index contributed by atoms with van der Waals surface area (Å²) >= 11 is 0. The highest BCUT2D eigenvalue weighted by Gasteiger charge is 2.38. The first kappa shape index (κ1) is 17.9. The average molecular weight is 357 g/mol. The maximum atomic E-state index is 11.2. The Morgan fingerprint density at radius 3 is 2.42 bits per heavy atom. The Bertz CT molecular complexity index is 809. The summed E-state index contributed by atoms with van der Waals surface area (Å²) in [5.74, 6) is 2.05. The number of methoxy groups -OCH3 is 2. The highest BCUT2D eigenvalue weighted by molar-refractivity contribution is 5.78. The van der Waals surface area contributed by atoms with E-state index in [-0.39, 0.29) is 11.5 Å². The smallest absolute Gasteiger partial charge is 0.405 e. The number of fused-ring (bicyclic) bond motifs is 1. The molecule has 6 heteroatoms. The fraction of sp³-hybridized carbons (Fsp3) is 0.350. The minimum Gasteiger partial charge on any atom is -0.496 e. The number of benzene rings is 2.